The largest absolute Gasteiger partial charge is 0.337 e. The molecule has 0 saturated heterocycles. The molecule has 23 heavy (non-hydrogen) atoms. The third-order valence-electron chi connectivity index (χ3n) is 3.38. The SMILES string of the molecule is Cc1cc(NC(=O)c2ccc3nc(C(F)F)[nH]c3c2)ccc1Br. The van der Waals surface area contributed by atoms with Crippen LogP contribution in [0.3, 0.4) is 0 Å². The van der Waals surface area contributed by atoms with Crippen LogP contribution in [0.1, 0.15) is 28.2 Å². The van der Waals surface area contributed by atoms with E-state index in [1.807, 2.05) is 19.1 Å². The van der Waals surface area contributed by atoms with Gasteiger partial charge in [-0.1, -0.05) is 15.9 Å². The summed E-state index contributed by atoms with van der Waals surface area (Å²) >= 11 is 3.40. The van der Waals surface area contributed by atoms with Gasteiger partial charge in [0.05, 0.1) is 11.0 Å². The molecule has 0 aliphatic rings. The van der Waals surface area contributed by atoms with Crippen molar-refractivity contribution in [1.82, 2.24) is 9.97 Å². The Morgan fingerprint density at radius 3 is 2.74 bits per heavy atom. The van der Waals surface area contributed by atoms with Crippen LogP contribution in [0.15, 0.2) is 40.9 Å². The molecule has 0 bridgehead atoms. The predicted octanol–water partition coefficient (Wildman–Crippen LogP) is 4.82. The number of carbonyl (C=O) groups excluding carboxylic acids is 1. The quantitative estimate of drug-likeness (QED) is 0.684. The van der Waals surface area contributed by atoms with Crippen LogP contribution in [0, 0.1) is 6.92 Å². The van der Waals surface area contributed by atoms with Gasteiger partial charge in [0.15, 0.2) is 5.82 Å². The van der Waals surface area contributed by atoms with Gasteiger partial charge in [-0.2, -0.15) is 0 Å². The number of carbonyl (C=O) groups is 1. The van der Waals surface area contributed by atoms with Crippen molar-refractivity contribution >= 4 is 38.6 Å². The predicted molar refractivity (Wildman–Crippen MR) is 87.9 cm³/mol. The molecule has 0 spiro atoms. The molecule has 4 nitrogen and oxygen atoms in total. The van der Waals surface area contributed by atoms with Gasteiger partial charge >= 0.3 is 0 Å². The van der Waals surface area contributed by atoms with Crippen molar-refractivity contribution in [3.8, 4) is 0 Å². The van der Waals surface area contributed by atoms with Gasteiger partial charge in [-0.25, -0.2) is 13.8 Å². The fraction of sp³-hybridized carbons (Fsp3) is 0.125. The molecule has 0 atom stereocenters. The van der Waals surface area contributed by atoms with Crippen LogP contribution in [0.2, 0.25) is 0 Å². The molecule has 0 saturated carbocycles. The molecule has 0 radical (unpaired) electrons. The van der Waals surface area contributed by atoms with Gasteiger partial charge in [0.1, 0.15) is 0 Å². The number of aryl methyl sites for hydroxylation is 1. The molecule has 2 N–H and O–H groups in total. The number of alkyl halides is 2. The number of aromatic amines is 1. The zero-order valence-corrected chi connectivity index (χ0v) is 13.6. The van der Waals surface area contributed by atoms with E-state index in [1.54, 1.807) is 18.2 Å². The van der Waals surface area contributed by atoms with Crippen LogP contribution in [0.5, 0.6) is 0 Å². The van der Waals surface area contributed by atoms with E-state index in [1.165, 1.54) is 6.07 Å². The third-order valence-corrected chi connectivity index (χ3v) is 4.27. The summed E-state index contributed by atoms with van der Waals surface area (Å²) in [6, 6.07) is 10.1. The molecule has 0 aliphatic carbocycles. The summed E-state index contributed by atoms with van der Waals surface area (Å²) in [6.45, 7) is 1.92. The van der Waals surface area contributed by atoms with Gasteiger partial charge in [-0.3, -0.25) is 4.79 Å². The number of halogens is 3. The number of H-pyrrole nitrogens is 1. The van der Waals surface area contributed by atoms with Crippen LogP contribution in [0.4, 0.5) is 14.5 Å². The first kappa shape index (κ1) is 15.6. The van der Waals surface area contributed by atoms with Crippen LogP contribution >= 0.6 is 15.9 Å². The smallest absolute Gasteiger partial charge is 0.295 e. The van der Waals surface area contributed by atoms with Crippen LogP contribution in [0.25, 0.3) is 11.0 Å². The summed E-state index contributed by atoms with van der Waals surface area (Å²) in [7, 11) is 0. The Bertz CT molecular complexity index is 892. The second-order valence-corrected chi connectivity index (χ2v) is 5.93. The zero-order chi connectivity index (χ0) is 16.6. The van der Waals surface area contributed by atoms with Crippen LogP contribution < -0.4 is 5.32 Å². The van der Waals surface area contributed by atoms with Crippen LogP contribution in [-0.2, 0) is 0 Å². The van der Waals surface area contributed by atoms with Gasteiger partial charge in [0.25, 0.3) is 12.3 Å². The highest BCUT2D eigenvalue weighted by Gasteiger charge is 2.14. The molecular weight excluding hydrogens is 368 g/mol. The van der Waals surface area contributed by atoms with E-state index in [-0.39, 0.29) is 5.91 Å². The number of fused-ring (bicyclic) bond motifs is 1. The van der Waals surface area contributed by atoms with Crippen molar-refractivity contribution in [1.29, 1.82) is 0 Å². The summed E-state index contributed by atoms with van der Waals surface area (Å²) < 4.78 is 26.2. The highest BCUT2D eigenvalue weighted by molar-refractivity contribution is 9.10. The number of nitrogens with one attached hydrogen (secondary N) is 2. The number of aromatic nitrogens is 2. The summed E-state index contributed by atoms with van der Waals surface area (Å²) in [5.41, 5.74) is 2.82. The first-order valence-corrected chi connectivity index (χ1v) is 7.58. The van der Waals surface area contributed by atoms with Crippen molar-refractivity contribution in [2.24, 2.45) is 0 Å². The maximum atomic E-state index is 12.6. The van der Waals surface area contributed by atoms with E-state index in [9.17, 15) is 13.6 Å². The minimum absolute atomic E-state index is 0.318. The van der Waals surface area contributed by atoms with E-state index in [0.717, 1.165) is 10.0 Å². The minimum Gasteiger partial charge on any atom is -0.337 e. The molecule has 1 amide bonds. The Labute approximate surface area is 139 Å². The lowest BCUT2D eigenvalue weighted by Gasteiger charge is -2.07. The maximum absolute atomic E-state index is 12.6. The molecule has 0 aliphatic heterocycles. The van der Waals surface area contributed by atoms with Crippen molar-refractivity contribution in [3.63, 3.8) is 0 Å². The monoisotopic (exact) mass is 379 g/mol. The molecule has 7 heteroatoms. The molecule has 0 unspecified atom stereocenters. The van der Waals surface area contributed by atoms with Crippen molar-refractivity contribution < 1.29 is 13.6 Å². The summed E-state index contributed by atoms with van der Waals surface area (Å²) in [6.07, 6.45) is -2.68. The summed E-state index contributed by atoms with van der Waals surface area (Å²) in [5.74, 6) is -0.720. The lowest BCUT2D eigenvalue weighted by Crippen LogP contribution is -2.11. The number of amides is 1. The van der Waals surface area contributed by atoms with Gasteiger partial charge < -0.3 is 10.3 Å². The fourth-order valence-corrected chi connectivity index (χ4v) is 2.45. The van der Waals surface area contributed by atoms with Gasteiger partial charge in [-0.05, 0) is 48.9 Å². The maximum Gasteiger partial charge on any atom is 0.295 e. The number of nitrogens with zero attached hydrogens (tertiary/aromatic N) is 1. The number of benzene rings is 2. The molecule has 1 aromatic heterocycles. The molecule has 1 heterocycles. The van der Waals surface area contributed by atoms with Gasteiger partial charge in [0, 0.05) is 15.7 Å². The highest BCUT2D eigenvalue weighted by Crippen LogP contribution is 2.22. The molecule has 118 valence electrons. The Morgan fingerprint density at radius 2 is 2.04 bits per heavy atom. The normalized spacial score (nSPS) is 11.2. The molecule has 3 aromatic rings. The number of hydrogen-bond donors (Lipinski definition) is 2. The molecule has 2 aromatic carbocycles. The van der Waals surface area contributed by atoms with E-state index in [0.29, 0.717) is 22.3 Å². The van der Waals surface area contributed by atoms with Gasteiger partial charge in [-0.15, -0.1) is 0 Å². The Balaban J connectivity index is 1.86. The average Bonchev–Trinajstić information content (AvgIpc) is 2.94. The summed E-state index contributed by atoms with van der Waals surface area (Å²) in [4.78, 5) is 18.6. The standard InChI is InChI=1S/C16H12BrF2N3O/c1-8-6-10(3-4-11(8)17)20-16(23)9-2-5-12-13(7-9)22-15(21-12)14(18)19/h2-7,14H,1H3,(H,20,23)(H,21,22). The van der Waals surface area contributed by atoms with E-state index < -0.39 is 12.2 Å². The second-order valence-electron chi connectivity index (χ2n) is 5.07. The summed E-state index contributed by atoms with van der Waals surface area (Å²) in [5, 5.41) is 2.78. The number of rotatable bonds is 3. The zero-order valence-electron chi connectivity index (χ0n) is 12.0. The number of hydrogen-bond acceptors (Lipinski definition) is 2. The van der Waals surface area contributed by atoms with Crippen LogP contribution in [-0.4, -0.2) is 15.9 Å². The van der Waals surface area contributed by atoms with E-state index >= 15 is 0 Å². The number of anilines is 1. The minimum atomic E-state index is -2.68. The lowest BCUT2D eigenvalue weighted by atomic mass is 10.1. The molecule has 3 rings (SSSR count). The van der Waals surface area contributed by atoms with Gasteiger partial charge in [0.2, 0.25) is 0 Å². The van der Waals surface area contributed by atoms with E-state index in [4.69, 9.17) is 0 Å². The fourth-order valence-electron chi connectivity index (χ4n) is 2.20. The van der Waals surface area contributed by atoms with E-state index in [2.05, 4.69) is 31.2 Å². The Morgan fingerprint density at radius 1 is 1.26 bits per heavy atom. The van der Waals surface area contributed by atoms with Crippen molar-refractivity contribution in [3.05, 3.63) is 57.8 Å². The first-order chi connectivity index (χ1) is 10.9. The Hall–Kier alpha value is -2.28. The second kappa shape index (κ2) is 6.08. The topological polar surface area (TPSA) is 57.8 Å². The third kappa shape index (κ3) is 3.24. The number of imidazole rings is 1. The molecular formula is C16H12BrF2N3O. The Kier molecular flexibility index (Phi) is 4.12. The first-order valence-electron chi connectivity index (χ1n) is 6.79. The average molecular weight is 380 g/mol. The molecule has 0 fully saturated rings. The van der Waals surface area contributed by atoms with Crippen molar-refractivity contribution in [2.45, 2.75) is 13.3 Å². The van der Waals surface area contributed by atoms with Crippen molar-refractivity contribution in [2.75, 3.05) is 5.32 Å². The lowest BCUT2D eigenvalue weighted by molar-refractivity contribution is 0.102. The highest BCUT2D eigenvalue weighted by atomic mass is 79.9.